The molecular weight excluding hydrogens is 278 g/mol. The number of amides is 2. The van der Waals surface area contributed by atoms with Crippen LogP contribution in [0.2, 0.25) is 0 Å². The maximum Gasteiger partial charge on any atom is 0.254 e. The molecule has 3 rings (SSSR count). The first-order valence-corrected chi connectivity index (χ1v) is 8.02. The first-order valence-electron chi connectivity index (χ1n) is 8.02. The van der Waals surface area contributed by atoms with Gasteiger partial charge < -0.3 is 15.1 Å². The van der Waals surface area contributed by atoms with Crippen molar-refractivity contribution in [3.05, 3.63) is 35.9 Å². The Morgan fingerprint density at radius 3 is 2.68 bits per heavy atom. The Kier molecular flexibility index (Phi) is 4.43. The molecular formula is C17H23N3O2. The van der Waals surface area contributed by atoms with Crippen LogP contribution in [-0.2, 0) is 4.79 Å². The molecule has 1 aromatic carbocycles. The summed E-state index contributed by atoms with van der Waals surface area (Å²) in [4.78, 5) is 29.0. The standard InChI is InChI=1S/C17H23N3O2/c1-19(14-9-10-18-12-14)17(22)15-8-5-11-20(15)16(21)13-6-3-2-4-7-13/h2-4,6-7,14-15,18H,5,8-12H2,1H3. The van der Waals surface area contributed by atoms with Gasteiger partial charge in [-0.2, -0.15) is 0 Å². The molecule has 0 aromatic heterocycles. The zero-order valence-corrected chi connectivity index (χ0v) is 13.0. The van der Waals surface area contributed by atoms with Crippen molar-refractivity contribution in [1.82, 2.24) is 15.1 Å². The fourth-order valence-corrected chi connectivity index (χ4v) is 3.40. The first kappa shape index (κ1) is 15.0. The fraction of sp³-hybridized carbons (Fsp3) is 0.529. The summed E-state index contributed by atoms with van der Waals surface area (Å²) in [5.41, 5.74) is 0.660. The van der Waals surface area contributed by atoms with E-state index in [1.165, 1.54) is 0 Å². The number of carbonyl (C=O) groups is 2. The van der Waals surface area contributed by atoms with E-state index in [0.717, 1.165) is 32.4 Å². The second kappa shape index (κ2) is 6.48. The first-order chi connectivity index (χ1) is 10.7. The van der Waals surface area contributed by atoms with Crippen molar-refractivity contribution in [2.24, 2.45) is 0 Å². The normalized spacial score (nSPS) is 24.5. The minimum atomic E-state index is -0.307. The maximum atomic E-state index is 12.8. The molecule has 2 unspecified atom stereocenters. The van der Waals surface area contributed by atoms with Crippen LogP contribution in [0.15, 0.2) is 30.3 Å². The summed E-state index contributed by atoms with van der Waals surface area (Å²) in [5.74, 6) is 0.0462. The average molecular weight is 301 g/mol. The number of likely N-dealkylation sites (tertiary alicyclic amines) is 1. The van der Waals surface area contributed by atoms with Crippen molar-refractivity contribution in [2.75, 3.05) is 26.7 Å². The lowest BCUT2D eigenvalue weighted by Crippen LogP contribution is -2.50. The Bertz CT molecular complexity index is 540. The molecule has 2 amide bonds. The van der Waals surface area contributed by atoms with Crippen molar-refractivity contribution >= 4 is 11.8 Å². The van der Waals surface area contributed by atoms with Gasteiger partial charge in [-0.1, -0.05) is 18.2 Å². The lowest BCUT2D eigenvalue weighted by atomic mass is 10.1. The van der Waals surface area contributed by atoms with Crippen LogP contribution in [0.5, 0.6) is 0 Å². The topological polar surface area (TPSA) is 52.7 Å². The van der Waals surface area contributed by atoms with Gasteiger partial charge >= 0.3 is 0 Å². The zero-order chi connectivity index (χ0) is 15.5. The third kappa shape index (κ3) is 2.86. The summed E-state index contributed by atoms with van der Waals surface area (Å²) in [6, 6.07) is 9.18. The Labute approximate surface area is 131 Å². The van der Waals surface area contributed by atoms with Crippen molar-refractivity contribution in [3.63, 3.8) is 0 Å². The number of benzene rings is 1. The molecule has 118 valence electrons. The van der Waals surface area contributed by atoms with Crippen LogP contribution in [0, 0.1) is 0 Å². The van der Waals surface area contributed by atoms with Gasteiger partial charge in [0.2, 0.25) is 5.91 Å². The van der Waals surface area contributed by atoms with E-state index in [-0.39, 0.29) is 23.9 Å². The minimum Gasteiger partial charge on any atom is -0.340 e. The Balaban J connectivity index is 1.72. The van der Waals surface area contributed by atoms with Crippen molar-refractivity contribution in [3.8, 4) is 0 Å². The van der Waals surface area contributed by atoms with Gasteiger partial charge in [0.25, 0.3) is 5.91 Å². The second-order valence-electron chi connectivity index (χ2n) is 6.12. The van der Waals surface area contributed by atoms with Crippen molar-refractivity contribution in [2.45, 2.75) is 31.3 Å². The van der Waals surface area contributed by atoms with Gasteiger partial charge in [0.15, 0.2) is 0 Å². The van der Waals surface area contributed by atoms with Crippen molar-refractivity contribution in [1.29, 1.82) is 0 Å². The Morgan fingerprint density at radius 2 is 2.00 bits per heavy atom. The highest BCUT2D eigenvalue weighted by molar-refractivity contribution is 5.97. The summed E-state index contributed by atoms with van der Waals surface area (Å²) >= 11 is 0. The van der Waals surface area contributed by atoms with Gasteiger partial charge in [0.05, 0.1) is 0 Å². The number of nitrogens with one attached hydrogen (secondary N) is 1. The molecule has 0 radical (unpaired) electrons. The van der Waals surface area contributed by atoms with E-state index in [1.54, 1.807) is 4.90 Å². The molecule has 5 nitrogen and oxygen atoms in total. The van der Waals surface area contributed by atoms with E-state index in [0.29, 0.717) is 12.1 Å². The quantitative estimate of drug-likeness (QED) is 0.910. The van der Waals surface area contributed by atoms with Crippen LogP contribution in [0.4, 0.5) is 0 Å². The molecule has 1 aromatic rings. The predicted molar refractivity (Wildman–Crippen MR) is 84.5 cm³/mol. The smallest absolute Gasteiger partial charge is 0.254 e. The molecule has 0 aliphatic carbocycles. The highest BCUT2D eigenvalue weighted by Crippen LogP contribution is 2.23. The summed E-state index contributed by atoms with van der Waals surface area (Å²) in [7, 11) is 1.86. The van der Waals surface area contributed by atoms with Crippen LogP contribution in [0.3, 0.4) is 0 Å². The largest absolute Gasteiger partial charge is 0.340 e. The number of nitrogens with zero attached hydrogens (tertiary/aromatic N) is 2. The monoisotopic (exact) mass is 301 g/mol. The number of hydrogen-bond donors (Lipinski definition) is 1. The van der Waals surface area contributed by atoms with Crippen molar-refractivity contribution < 1.29 is 9.59 Å². The average Bonchev–Trinajstić information content (AvgIpc) is 3.24. The van der Waals surface area contributed by atoms with E-state index in [2.05, 4.69) is 5.32 Å². The molecule has 2 heterocycles. The summed E-state index contributed by atoms with van der Waals surface area (Å²) in [5, 5.41) is 3.28. The summed E-state index contributed by atoms with van der Waals surface area (Å²) in [6.07, 6.45) is 2.65. The molecule has 2 saturated heterocycles. The lowest BCUT2D eigenvalue weighted by Gasteiger charge is -2.31. The Morgan fingerprint density at radius 1 is 1.23 bits per heavy atom. The molecule has 22 heavy (non-hydrogen) atoms. The highest BCUT2D eigenvalue weighted by Gasteiger charge is 2.37. The molecule has 0 saturated carbocycles. The van der Waals surface area contributed by atoms with Crippen LogP contribution >= 0.6 is 0 Å². The molecule has 2 aliphatic rings. The molecule has 0 bridgehead atoms. The Hall–Kier alpha value is -1.88. The van der Waals surface area contributed by atoms with Gasteiger partial charge in [0.1, 0.15) is 6.04 Å². The zero-order valence-electron chi connectivity index (χ0n) is 13.0. The van der Waals surface area contributed by atoms with Crippen LogP contribution in [0.25, 0.3) is 0 Å². The summed E-state index contributed by atoms with van der Waals surface area (Å²) in [6.45, 7) is 2.47. The molecule has 2 aliphatic heterocycles. The van der Waals surface area contributed by atoms with Gasteiger partial charge in [0, 0.05) is 31.7 Å². The second-order valence-corrected chi connectivity index (χ2v) is 6.12. The third-order valence-corrected chi connectivity index (χ3v) is 4.75. The maximum absolute atomic E-state index is 12.8. The van der Waals surface area contributed by atoms with Gasteiger partial charge in [-0.05, 0) is 37.9 Å². The van der Waals surface area contributed by atoms with E-state index < -0.39 is 0 Å². The van der Waals surface area contributed by atoms with Crippen LogP contribution in [0.1, 0.15) is 29.6 Å². The van der Waals surface area contributed by atoms with Gasteiger partial charge in [-0.25, -0.2) is 0 Å². The predicted octanol–water partition coefficient (Wildman–Crippen LogP) is 1.11. The molecule has 0 spiro atoms. The number of rotatable bonds is 3. The van der Waals surface area contributed by atoms with E-state index in [9.17, 15) is 9.59 Å². The third-order valence-electron chi connectivity index (χ3n) is 4.75. The van der Waals surface area contributed by atoms with E-state index in [4.69, 9.17) is 0 Å². The number of carbonyl (C=O) groups excluding carboxylic acids is 2. The molecule has 2 atom stereocenters. The SMILES string of the molecule is CN(C(=O)C1CCCN1C(=O)c1ccccc1)C1CCNC1. The van der Waals surface area contributed by atoms with E-state index >= 15 is 0 Å². The van der Waals surface area contributed by atoms with E-state index in [1.807, 2.05) is 42.3 Å². The highest BCUT2D eigenvalue weighted by atomic mass is 16.2. The molecule has 2 fully saturated rings. The number of hydrogen-bond acceptors (Lipinski definition) is 3. The fourth-order valence-electron chi connectivity index (χ4n) is 3.40. The summed E-state index contributed by atoms with van der Waals surface area (Å²) < 4.78 is 0. The minimum absolute atomic E-state index is 0.0330. The van der Waals surface area contributed by atoms with Crippen LogP contribution < -0.4 is 5.32 Å². The van der Waals surface area contributed by atoms with Crippen LogP contribution in [-0.4, -0.2) is 60.4 Å². The lowest BCUT2D eigenvalue weighted by molar-refractivity contribution is -0.135. The molecule has 5 heteroatoms. The van der Waals surface area contributed by atoms with Gasteiger partial charge in [-0.15, -0.1) is 0 Å². The van der Waals surface area contributed by atoms with Gasteiger partial charge in [-0.3, -0.25) is 9.59 Å². The molecule has 1 N–H and O–H groups in total. The number of likely N-dealkylation sites (N-methyl/N-ethyl adjacent to an activating group) is 1.